The normalized spacial score (nSPS) is 15.1. The van der Waals surface area contributed by atoms with E-state index in [-0.39, 0.29) is 35.3 Å². The van der Waals surface area contributed by atoms with Crippen LogP contribution in [0.25, 0.3) is 0 Å². The van der Waals surface area contributed by atoms with Crippen LogP contribution in [0.15, 0.2) is 12.1 Å². The van der Waals surface area contributed by atoms with Crippen LogP contribution >= 0.6 is 0 Å². The molecule has 0 heterocycles. The van der Waals surface area contributed by atoms with Gasteiger partial charge in [-0.3, -0.25) is 19.2 Å². The molecule has 0 aliphatic heterocycles. The molecule has 4 amide bonds. The number of primary amides is 1. The number of amides is 4. The van der Waals surface area contributed by atoms with Gasteiger partial charge in [-0.05, 0) is 43.4 Å². The highest BCUT2D eigenvalue weighted by Crippen LogP contribution is 2.34. The maximum atomic E-state index is 12.7. The van der Waals surface area contributed by atoms with E-state index < -0.39 is 53.8 Å². The summed E-state index contributed by atoms with van der Waals surface area (Å²) < 4.78 is 42.8. The lowest BCUT2D eigenvalue weighted by molar-refractivity contribution is -0.167. The Morgan fingerprint density at radius 2 is 1.62 bits per heavy atom. The number of carbonyl (C=O) groups excluding carboxylic acids is 5. The third-order valence-corrected chi connectivity index (χ3v) is 5.04. The van der Waals surface area contributed by atoms with Crippen molar-refractivity contribution in [3.63, 3.8) is 0 Å². The van der Waals surface area contributed by atoms with E-state index in [1.807, 2.05) is 0 Å². The van der Waals surface area contributed by atoms with E-state index in [1.165, 1.54) is 13.0 Å². The number of carbonyl (C=O) groups is 5. The molecule has 0 fully saturated rings. The highest BCUT2D eigenvalue weighted by atomic mass is 19.4. The van der Waals surface area contributed by atoms with E-state index in [2.05, 4.69) is 10.6 Å². The Balaban J connectivity index is 2.23. The monoisotopic (exact) mass is 486 g/mol. The first-order valence-electron chi connectivity index (χ1n) is 10.4. The quantitative estimate of drug-likeness (QED) is 0.463. The van der Waals surface area contributed by atoms with Gasteiger partial charge in [-0.15, -0.1) is 0 Å². The van der Waals surface area contributed by atoms with Crippen LogP contribution in [0.1, 0.15) is 49.5 Å². The molecule has 0 saturated carbocycles. The average molecular weight is 486 g/mol. The number of benzene rings is 1. The molecule has 5 N–H and O–H groups in total. The second-order valence-corrected chi connectivity index (χ2v) is 8.06. The SMILES string of the molecule is CC(NC(=O)C(OC(N)=O)C(C)C)C(=O)Nc1ccc(NC(=O)C(F)(F)F)c2c1CCCC2=O. The third-order valence-electron chi connectivity index (χ3n) is 5.04. The molecule has 34 heavy (non-hydrogen) atoms. The molecule has 0 aromatic heterocycles. The van der Waals surface area contributed by atoms with Crippen LogP contribution in [0.2, 0.25) is 0 Å². The number of nitrogens with two attached hydrogens (primary N) is 1. The van der Waals surface area contributed by atoms with Crippen molar-refractivity contribution in [2.45, 2.75) is 58.4 Å². The second kappa shape index (κ2) is 10.5. The van der Waals surface area contributed by atoms with Gasteiger partial charge in [-0.25, -0.2) is 4.79 Å². The van der Waals surface area contributed by atoms with Gasteiger partial charge >= 0.3 is 18.2 Å². The minimum atomic E-state index is -5.14. The van der Waals surface area contributed by atoms with Crippen molar-refractivity contribution in [3.8, 4) is 0 Å². The summed E-state index contributed by atoms with van der Waals surface area (Å²) in [6.45, 7) is 4.59. The molecule has 1 aromatic carbocycles. The first-order chi connectivity index (χ1) is 15.7. The number of ether oxygens (including phenoxy) is 1. The number of hydrogen-bond acceptors (Lipinski definition) is 6. The maximum Gasteiger partial charge on any atom is 0.471 e. The van der Waals surface area contributed by atoms with Gasteiger partial charge < -0.3 is 26.4 Å². The Morgan fingerprint density at radius 1 is 1.00 bits per heavy atom. The van der Waals surface area contributed by atoms with Crippen LogP contribution in [0.4, 0.5) is 29.3 Å². The van der Waals surface area contributed by atoms with E-state index in [4.69, 9.17) is 10.5 Å². The van der Waals surface area contributed by atoms with Gasteiger partial charge in [0, 0.05) is 17.7 Å². The summed E-state index contributed by atoms with van der Waals surface area (Å²) in [4.78, 5) is 59.9. The Bertz CT molecular complexity index is 1010. The Hall–Kier alpha value is -3.64. The number of hydrogen-bond donors (Lipinski definition) is 4. The van der Waals surface area contributed by atoms with Crippen LogP contribution in [0.3, 0.4) is 0 Å². The Morgan fingerprint density at radius 3 is 2.18 bits per heavy atom. The summed E-state index contributed by atoms with van der Waals surface area (Å²) in [5.74, 6) is -4.57. The number of alkyl halides is 3. The molecule has 0 bridgehead atoms. The van der Waals surface area contributed by atoms with Crippen LogP contribution in [0.5, 0.6) is 0 Å². The largest absolute Gasteiger partial charge is 0.471 e. The summed E-state index contributed by atoms with van der Waals surface area (Å²) in [5.41, 5.74) is 5.00. The molecule has 186 valence electrons. The predicted molar refractivity (Wildman–Crippen MR) is 114 cm³/mol. The zero-order chi connectivity index (χ0) is 25.8. The van der Waals surface area contributed by atoms with Gasteiger partial charge in [0.2, 0.25) is 5.91 Å². The zero-order valence-corrected chi connectivity index (χ0v) is 18.7. The fraction of sp³-hybridized carbons (Fsp3) is 0.476. The number of rotatable bonds is 7. The van der Waals surface area contributed by atoms with E-state index in [0.717, 1.165) is 6.07 Å². The molecule has 0 saturated heterocycles. The number of Topliss-reactive ketones (excluding diaryl/α,β-unsaturated/α-hetero) is 1. The van der Waals surface area contributed by atoms with Gasteiger partial charge in [-0.1, -0.05) is 13.8 Å². The molecular weight excluding hydrogens is 461 g/mol. The molecule has 2 unspecified atom stereocenters. The summed E-state index contributed by atoms with van der Waals surface area (Å²) in [6, 6.07) is 1.26. The minimum Gasteiger partial charge on any atom is -0.436 e. The molecule has 1 aliphatic rings. The van der Waals surface area contributed by atoms with Crippen molar-refractivity contribution in [1.82, 2.24) is 5.32 Å². The molecule has 2 atom stereocenters. The second-order valence-electron chi connectivity index (χ2n) is 8.06. The van der Waals surface area contributed by atoms with Gasteiger partial charge in [-0.2, -0.15) is 13.2 Å². The third kappa shape index (κ3) is 6.45. The lowest BCUT2D eigenvalue weighted by Crippen LogP contribution is -2.49. The van der Waals surface area contributed by atoms with Crippen molar-refractivity contribution in [2.75, 3.05) is 10.6 Å². The molecule has 1 aliphatic carbocycles. The minimum absolute atomic E-state index is 0.0716. The number of anilines is 2. The van der Waals surface area contributed by atoms with Crippen molar-refractivity contribution >= 4 is 41.0 Å². The summed E-state index contributed by atoms with van der Waals surface area (Å²) in [5, 5.41) is 6.64. The zero-order valence-electron chi connectivity index (χ0n) is 18.7. The number of ketones is 1. The number of nitrogens with one attached hydrogen (secondary N) is 3. The molecule has 1 aromatic rings. The van der Waals surface area contributed by atoms with Gasteiger partial charge in [0.25, 0.3) is 5.91 Å². The van der Waals surface area contributed by atoms with E-state index in [9.17, 15) is 37.1 Å². The molecular formula is C21H25F3N4O6. The van der Waals surface area contributed by atoms with Crippen LogP contribution in [-0.2, 0) is 25.5 Å². The van der Waals surface area contributed by atoms with Gasteiger partial charge in [0.05, 0.1) is 5.69 Å². The first-order valence-corrected chi connectivity index (χ1v) is 10.4. The number of halogens is 3. The maximum absolute atomic E-state index is 12.7. The fourth-order valence-corrected chi connectivity index (χ4v) is 3.41. The highest BCUT2D eigenvalue weighted by Gasteiger charge is 2.39. The van der Waals surface area contributed by atoms with Crippen LogP contribution in [0, 0.1) is 5.92 Å². The first kappa shape index (κ1) is 26.6. The summed E-state index contributed by atoms with van der Waals surface area (Å²) in [7, 11) is 0. The van der Waals surface area contributed by atoms with Crippen molar-refractivity contribution < 1.29 is 41.9 Å². The van der Waals surface area contributed by atoms with E-state index in [0.29, 0.717) is 6.42 Å². The van der Waals surface area contributed by atoms with Crippen molar-refractivity contribution in [1.29, 1.82) is 0 Å². The Labute approximate surface area is 192 Å². The van der Waals surface area contributed by atoms with E-state index >= 15 is 0 Å². The fourth-order valence-electron chi connectivity index (χ4n) is 3.41. The van der Waals surface area contributed by atoms with Crippen LogP contribution < -0.4 is 21.7 Å². The molecule has 13 heteroatoms. The molecule has 10 nitrogen and oxygen atoms in total. The highest BCUT2D eigenvalue weighted by molar-refractivity contribution is 6.09. The standard InChI is InChI=1S/C21H25F3N4O6/c1-9(2)16(34-20(25)33)18(31)26-10(3)17(30)27-12-7-8-13(28-19(32)21(22,23)24)15-11(12)5-4-6-14(15)29/h7-10,16H,4-6H2,1-3H3,(H2,25,33)(H,26,31)(H,27,30)(H,28,32). The van der Waals surface area contributed by atoms with Gasteiger partial charge in [0.1, 0.15) is 6.04 Å². The lowest BCUT2D eigenvalue weighted by atomic mass is 9.88. The van der Waals surface area contributed by atoms with Crippen molar-refractivity contribution in [3.05, 3.63) is 23.3 Å². The molecule has 0 spiro atoms. The smallest absolute Gasteiger partial charge is 0.436 e. The average Bonchev–Trinajstić information content (AvgIpc) is 2.72. The Kier molecular flexibility index (Phi) is 8.24. The van der Waals surface area contributed by atoms with Gasteiger partial charge in [0.15, 0.2) is 11.9 Å². The predicted octanol–water partition coefficient (Wildman–Crippen LogP) is 2.27. The molecule has 2 rings (SSSR count). The molecule has 0 radical (unpaired) electrons. The summed E-state index contributed by atoms with van der Waals surface area (Å²) in [6.07, 6.45) is -6.78. The number of fused-ring (bicyclic) bond motifs is 1. The topological polar surface area (TPSA) is 157 Å². The van der Waals surface area contributed by atoms with Crippen LogP contribution in [-0.4, -0.2) is 47.9 Å². The lowest BCUT2D eigenvalue weighted by Gasteiger charge is -2.24. The summed E-state index contributed by atoms with van der Waals surface area (Å²) >= 11 is 0. The van der Waals surface area contributed by atoms with Crippen molar-refractivity contribution in [2.24, 2.45) is 11.7 Å². The van der Waals surface area contributed by atoms with E-state index in [1.54, 1.807) is 19.2 Å².